The second-order valence-electron chi connectivity index (χ2n) is 5.08. The Hall–Kier alpha value is -0.420. The van der Waals surface area contributed by atoms with Gasteiger partial charge < -0.3 is 5.32 Å². The number of hydrogen-bond acceptors (Lipinski definition) is 3. The van der Waals surface area contributed by atoms with Crippen LogP contribution in [0, 0.1) is 13.8 Å². The molecule has 0 bridgehead atoms. The number of aryl methyl sites for hydroxylation is 2. The number of hydrogen-bond donors (Lipinski definition) is 1. The highest BCUT2D eigenvalue weighted by atomic mass is 79.9. The highest BCUT2D eigenvalue weighted by Crippen LogP contribution is 2.30. The molecule has 18 heavy (non-hydrogen) atoms. The number of aromatic nitrogens is 1. The Kier molecular flexibility index (Phi) is 4.43. The van der Waals surface area contributed by atoms with E-state index in [2.05, 4.69) is 26.2 Å². The second kappa shape index (κ2) is 5.70. The van der Waals surface area contributed by atoms with Crippen LogP contribution in [0.15, 0.2) is 0 Å². The predicted octanol–water partition coefficient (Wildman–Crippen LogP) is 3.59. The molecule has 1 N–H and O–H groups in total. The summed E-state index contributed by atoms with van der Waals surface area (Å²) in [6, 6.07) is 0. The van der Waals surface area contributed by atoms with Gasteiger partial charge in [-0.15, -0.1) is 11.3 Å². The van der Waals surface area contributed by atoms with E-state index in [1.807, 2.05) is 13.8 Å². The first-order valence-corrected chi connectivity index (χ1v) is 8.33. The van der Waals surface area contributed by atoms with Crippen LogP contribution in [0.4, 0.5) is 0 Å². The first-order chi connectivity index (χ1) is 8.56. The fraction of sp³-hybridized carbons (Fsp3) is 0.692. The number of rotatable bonds is 3. The maximum Gasteiger partial charge on any atom is 0.263 e. The SMILES string of the molecule is Cc1nc(C)c(C(=O)NC2(CBr)CCCCC2)s1. The van der Waals surface area contributed by atoms with Crippen LogP contribution in [-0.4, -0.2) is 21.8 Å². The zero-order valence-corrected chi connectivity index (χ0v) is 13.3. The molecule has 0 radical (unpaired) electrons. The molecular weight excluding hydrogens is 312 g/mol. The lowest BCUT2D eigenvalue weighted by molar-refractivity contribution is 0.0890. The van der Waals surface area contributed by atoms with Gasteiger partial charge in [0, 0.05) is 5.33 Å². The number of nitrogens with zero attached hydrogens (tertiary/aromatic N) is 1. The highest BCUT2D eigenvalue weighted by Gasteiger charge is 2.33. The first-order valence-electron chi connectivity index (χ1n) is 6.39. The van der Waals surface area contributed by atoms with Crippen LogP contribution >= 0.6 is 27.3 Å². The Morgan fingerprint density at radius 2 is 2.06 bits per heavy atom. The van der Waals surface area contributed by atoms with Crippen molar-refractivity contribution < 1.29 is 4.79 Å². The molecule has 2 rings (SSSR count). The van der Waals surface area contributed by atoms with Gasteiger partial charge in [0.05, 0.1) is 16.2 Å². The molecule has 1 heterocycles. The van der Waals surface area contributed by atoms with Gasteiger partial charge in [0.15, 0.2) is 0 Å². The number of thiazole rings is 1. The molecule has 1 amide bonds. The van der Waals surface area contributed by atoms with E-state index in [4.69, 9.17) is 0 Å². The molecule has 0 unspecified atom stereocenters. The lowest BCUT2D eigenvalue weighted by Crippen LogP contribution is -2.51. The maximum absolute atomic E-state index is 12.3. The third-order valence-corrected chi connectivity index (χ3v) is 5.70. The van der Waals surface area contributed by atoms with Crippen LogP contribution in [-0.2, 0) is 0 Å². The van der Waals surface area contributed by atoms with E-state index in [0.29, 0.717) is 0 Å². The lowest BCUT2D eigenvalue weighted by atomic mass is 9.83. The van der Waals surface area contributed by atoms with Gasteiger partial charge in [-0.1, -0.05) is 35.2 Å². The number of nitrogens with one attached hydrogen (secondary N) is 1. The van der Waals surface area contributed by atoms with Gasteiger partial charge in [-0.2, -0.15) is 0 Å². The number of amides is 1. The monoisotopic (exact) mass is 330 g/mol. The fourth-order valence-corrected chi connectivity index (χ4v) is 4.08. The Morgan fingerprint density at radius 1 is 1.39 bits per heavy atom. The first kappa shape index (κ1) is 14.0. The maximum atomic E-state index is 12.3. The molecule has 1 aromatic heterocycles. The summed E-state index contributed by atoms with van der Waals surface area (Å²) in [7, 11) is 0. The number of carbonyl (C=O) groups is 1. The van der Waals surface area contributed by atoms with Gasteiger partial charge >= 0.3 is 0 Å². The molecule has 0 spiro atoms. The van der Waals surface area contributed by atoms with Gasteiger partial charge in [-0.25, -0.2) is 4.98 Å². The van der Waals surface area contributed by atoms with Crippen LogP contribution in [0.1, 0.15) is 52.5 Å². The van der Waals surface area contributed by atoms with Crippen LogP contribution in [0.25, 0.3) is 0 Å². The minimum absolute atomic E-state index is 0.0412. The van der Waals surface area contributed by atoms with Crippen molar-refractivity contribution in [3.05, 3.63) is 15.6 Å². The van der Waals surface area contributed by atoms with Crippen molar-refractivity contribution in [2.45, 2.75) is 51.5 Å². The molecule has 0 atom stereocenters. The Morgan fingerprint density at radius 3 is 2.56 bits per heavy atom. The molecule has 100 valence electrons. The van der Waals surface area contributed by atoms with Crippen molar-refractivity contribution in [1.82, 2.24) is 10.3 Å². The van der Waals surface area contributed by atoms with E-state index in [9.17, 15) is 4.79 Å². The highest BCUT2D eigenvalue weighted by molar-refractivity contribution is 9.09. The molecule has 3 nitrogen and oxygen atoms in total. The fourth-order valence-electron chi connectivity index (χ4n) is 2.56. The summed E-state index contributed by atoms with van der Waals surface area (Å²) >= 11 is 5.05. The van der Waals surface area contributed by atoms with Gasteiger partial charge in [-0.3, -0.25) is 4.79 Å². The van der Waals surface area contributed by atoms with Crippen molar-refractivity contribution in [2.24, 2.45) is 0 Å². The second-order valence-corrected chi connectivity index (χ2v) is 6.84. The van der Waals surface area contributed by atoms with Crippen molar-refractivity contribution in [3.8, 4) is 0 Å². The van der Waals surface area contributed by atoms with Crippen LogP contribution < -0.4 is 5.32 Å². The van der Waals surface area contributed by atoms with Gasteiger partial charge in [0.25, 0.3) is 5.91 Å². The average molecular weight is 331 g/mol. The molecule has 1 fully saturated rings. The Bertz CT molecular complexity index is 438. The molecule has 5 heteroatoms. The minimum Gasteiger partial charge on any atom is -0.345 e. The molecular formula is C13H19BrN2OS. The molecule has 0 aliphatic heterocycles. The summed E-state index contributed by atoms with van der Waals surface area (Å²) < 4.78 is 0. The molecule has 1 aliphatic rings. The molecule has 1 aliphatic carbocycles. The van der Waals surface area contributed by atoms with E-state index in [1.165, 1.54) is 30.6 Å². The largest absolute Gasteiger partial charge is 0.345 e. The van der Waals surface area contributed by atoms with Crippen molar-refractivity contribution in [2.75, 3.05) is 5.33 Å². The number of halogens is 1. The standard InChI is InChI=1S/C13H19BrN2OS/c1-9-11(18-10(2)15-9)12(17)16-13(8-14)6-4-3-5-7-13/h3-8H2,1-2H3,(H,16,17). The Balaban J connectivity index is 2.12. The predicted molar refractivity (Wildman–Crippen MR) is 78.7 cm³/mol. The summed E-state index contributed by atoms with van der Waals surface area (Å²) in [4.78, 5) is 17.4. The van der Waals surface area contributed by atoms with E-state index in [0.717, 1.165) is 33.8 Å². The summed E-state index contributed by atoms with van der Waals surface area (Å²) in [5.41, 5.74) is 0.787. The van der Waals surface area contributed by atoms with E-state index >= 15 is 0 Å². The quantitative estimate of drug-likeness (QED) is 0.860. The molecule has 1 aromatic rings. The minimum atomic E-state index is -0.0559. The summed E-state index contributed by atoms with van der Waals surface area (Å²) in [6.07, 6.45) is 5.82. The number of alkyl halides is 1. The van der Waals surface area contributed by atoms with Gasteiger partial charge in [0.2, 0.25) is 0 Å². The van der Waals surface area contributed by atoms with E-state index < -0.39 is 0 Å². The van der Waals surface area contributed by atoms with Gasteiger partial charge in [-0.05, 0) is 26.7 Å². The molecule has 1 saturated carbocycles. The van der Waals surface area contributed by atoms with Crippen molar-refractivity contribution in [3.63, 3.8) is 0 Å². The normalized spacial score (nSPS) is 18.6. The zero-order valence-electron chi connectivity index (χ0n) is 10.9. The summed E-state index contributed by atoms with van der Waals surface area (Å²) in [5.74, 6) is 0.0412. The van der Waals surface area contributed by atoms with Crippen LogP contribution in [0.5, 0.6) is 0 Å². The van der Waals surface area contributed by atoms with E-state index in [-0.39, 0.29) is 11.4 Å². The van der Waals surface area contributed by atoms with Crippen molar-refractivity contribution >= 4 is 33.2 Å². The Labute approximate surface area is 121 Å². The zero-order chi connectivity index (χ0) is 13.2. The number of carbonyl (C=O) groups excluding carboxylic acids is 1. The van der Waals surface area contributed by atoms with Gasteiger partial charge in [0.1, 0.15) is 4.88 Å². The summed E-state index contributed by atoms with van der Waals surface area (Å²) in [6.45, 7) is 3.84. The topological polar surface area (TPSA) is 42.0 Å². The lowest BCUT2D eigenvalue weighted by Gasteiger charge is -2.36. The van der Waals surface area contributed by atoms with Crippen LogP contribution in [0.3, 0.4) is 0 Å². The average Bonchev–Trinajstić information content (AvgIpc) is 2.70. The molecule has 0 saturated heterocycles. The third-order valence-electron chi connectivity index (χ3n) is 3.55. The third kappa shape index (κ3) is 2.94. The smallest absolute Gasteiger partial charge is 0.263 e. The van der Waals surface area contributed by atoms with Crippen molar-refractivity contribution in [1.29, 1.82) is 0 Å². The molecule has 0 aromatic carbocycles. The van der Waals surface area contributed by atoms with Crippen LogP contribution in [0.2, 0.25) is 0 Å². The summed E-state index contributed by atoms with van der Waals surface area (Å²) in [5, 5.41) is 5.03. The van der Waals surface area contributed by atoms with E-state index in [1.54, 1.807) is 0 Å².